The van der Waals surface area contributed by atoms with Crippen LogP contribution in [0.2, 0.25) is 0 Å². The number of nitrogens with one attached hydrogen (secondary N) is 2. The van der Waals surface area contributed by atoms with E-state index in [4.69, 9.17) is 4.74 Å². The number of carbonyl (C=O) groups excluding carboxylic acids is 2. The SMILES string of the molecule is COc1ccc(CC(=O)NCc2nnc(S[C@H](C)C(=O)Nc3ccc(C)c(C)c3)n2C)cc1. The molecule has 0 fully saturated rings. The molecule has 2 aromatic carbocycles. The Bertz CT molecular complexity index is 1130. The van der Waals surface area contributed by atoms with Gasteiger partial charge in [0.05, 0.1) is 25.3 Å². The zero-order valence-corrected chi connectivity index (χ0v) is 20.3. The molecule has 8 nitrogen and oxygen atoms in total. The Morgan fingerprint density at radius 1 is 1.09 bits per heavy atom. The summed E-state index contributed by atoms with van der Waals surface area (Å²) in [4.78, 5) is 24.9. The van der Waals surface area contributed by atoms with Crippen molar-refractivity contribution in [3.8, 4) is 5.75 Å². The van der Waals surface area contributed by atoms with Crippen LogP contribution in [0.25, 0.3) is 0 Å². The van der Waals surface area contributed by atoms with E-state index in [1.807, 2.05) is 70.3 Å². The van der Waals surface area contributed by atoms with Gasteiger partial charge in [0, 0.05) is 12.7 Å². The van der Waals surface area contributed by atoms with E-state index in [1.165, 1.54) is 17.3 Å². The molecule has 0 saturated carbocycles. The van der Waals surface area contributed by atoms with E-state index >= 15 is 0 Å². The van der Waals surface area contributed by atoms with E-state index in [9.17, 15) is 9.59 Å². The lowest BCUT2D eigenvalue weighted by atomic mass is 10.1. The van der Waals surface area contributed by atoms with Gasteiger partial charge in [0.15, 0.2) is 11.0 Å². The number of benzene rings is 2. The molecule has 1 aromatic heterocycles. The first-order valence-corrected chi connectivity index (χ1v) is 11.5. The fourth-order valence-corrected chi connectivity index (χ4v) is 3.88. The first kappa shape index (κ1) is 24.3. The van der Waals surface area contributed by atoms with Crippen LogP contribution in [0.1, 0.15) is 29.4 Å². The lowest BCUT2D eigenvalue weighted by molar-refractivity contribution is -0.120. The average Bonchev–Trinajstić information content (AvgIpc) is 3.14. The number of ether oxygens (including phenoxy) is 1. The highest BCUT2D eigenvalue weighted by Crippen LogP contribution is 2.23. The Hall–Kier alpha value is -3.33. The van der Waals surface area contributed by atoms with Crippen molar-refractivity contribution in [2.75, 3.05) is 12.4 Å². The summed E-state index contributed by atoms with van der Waals surface area (Å²) < 4.78 is 6.92. The first-order chi connectivity index (χ1) is 15.8. The third kappa shape index (κ3) is 6.58. The van der Waals surface area contributed by atoms with E-state index in [0.29, 0.717) is 11.0 Å². The van der Waals surface area contributed by atoms with E-state index in [-0.39, 0.29) is 30.0 Å². The molecule has 0 bridgehead atoms. The van der Waals surface area contributed by atoms with Crippen LogP contribution in [0.3, 0.4) is 0 Å². The number of hydrogen-bond acceptors (Lipinski definition) is 6. The molecule has 3 rings (SSSR count). The standard InChI is InChI=1S/C24H29N5O3S/c1-15-6-9-19(12-16(15)2)26-23(31)17(3)33-24-28-27-21(29(24)4)14-25-22(30)13-18-7-10-20(32-5)11-8-18/h6-12,17H,13-14H2,1-5H3,(H,25,30)(H,26,31)/t17-/m1/s1. The largest absolute Gasteiger partial charge is 0.497 e. The first-order valence-electron chi connectivity index (χ1n) is 10.6. The highest BCUT2D eigenvalue weighted by molar-refractivity contribution is 8.00. The Morgan fingerprint density at radius 2 is 1.82 bits per heavy atom. The van der Waals surface area contributed by atoms with Gasteiger partial charge in [0.25, 0.3) is 0 Å². The molecule has 0 aliphatic rings. The second kappa shape index (κ2) is 11.0. The van der Waals surface area contributed by atoms with Crippen LogP contribution in [0.4, 0.5) is 5.69 Å². The third-order valence-corrected chi connectivity index (χ3v) is 6.45. The number of thioether (sulfide) groups is 1. The molecule has 0 aliphatic heterocycles. The number of rotatable bonds is 9. The number of methoxy groups -OCH3 is 1. The molecule has 0 unspecified atom stereocenters. The zero-order valence-electron chi connectivity index (χ0n) is 19.5. The lowest BCUT2D eigenvalue weighted by Crippen LogP contribution is -2.26. The van der Waals surface area contributed by atoms with Crippen molar-refractivity contribution < 1.29 is 14.3 Å². The quantitative estimate of drug-likeness (QED) is 0.468. The maximum absolute atomic E-state index is 12.6. The molecule has 174 valence electrons. The predicted molar refractivity (Wildman–Crippen MR) is 129 cm³/mol. The predicted octanol–water partition coefficient (Wildman–Crippen LogP) is 3.42. The number of carbonyl (C=O) groups is 2. The van der Waals surface area contributed by atoms with Crippen molar-refractivity contribution in [2.45, 2.75) is 44.1 Å². The summed E-state index contributed by atoms with van der Waals surface area (Å²) in [6.07, 6.45) is 0.263. The Kier molecular flexibility index (Phi) is 8.11. The van der Waals surface area contributed by atoms with Crippen LogP contribution >= 0.6 is 11.8 Å². The third-order valence-electron chi connectivity index (χ3n) is 5.32. The van der Waals surface area contributed by atoms with Gasteiger partial charge in [-0.15, -0.1) is 10.2 Å². The molecule has 0 spiro atoms. The van der Waals surface area contributed by atoms with Gasteiger partial charge in [0.2, 0.25) is 11.8 Å². The van der Waals surface area contributed by atoms with Crippen molar-refractivity contribution in [3.63, 3.8) is 0 Å². The minimum Gasteiger partial charge on any atom is -0.497 e. The van der Waals surface area contributed by atoms with Gasteiger partial charge in [-0.05, 0) is 61.7 Å². The van der Waals surface area contributed by atoms with Gasteiger partial charge < -0.3 is 19.9 Å². The Labute approximate surface area is 198 Å². The van der Waals surface area contributed by atoms with Crippen LogP contribution in [0, 0.1) is 13.8 Å². The second-order valence-electron chi connectivity index (χ2n) is 7.81. The average molecular weight is 468 g/mol. The van der Waals surface area contributed by atoms with Crippen LogP contribution in [-0.2, 0) is 29.6 Å². The van der Waals surface area contributed by atoms with Gasteiger partial charge in [0.1, 0.15) is 5.75 Å². The number of aryl methyl sites for hydroxylation is 2. The van der Waals surface area contributed by atoms with Crippen molar-refractivity contribution in [1.29, 1.82) is 0 Å². The summed E-state index contributed by atoms with van der Waals surface area (Å²) in [6, 6.07) is 13.2. The van der Waals surface area contributed by atoms with Crippen molar-refractivity contribution in [1.82, 2.24) is 20.1 Å². The van der Waals surface area contributed by atoms with E-state index < -0.39 is 0 Å². The van der Waals surface area contributed by atoms with Crippen LogP contribution in [0.15, 0.2) is 47.6 Å². The molecule has 1 heterocycles. The fraction of sp³-hybridized carbons (Fsp3) is 0.333. The van der Waals surface area contributed by atoms with Crippen molar-refractivity contribution in [3.05, 3.63) is 65.0 Å². The molecule has 0 radical (unpaired) electrons. The molecular weight excluding hydrogens is 438 g/mol. The van der Waals surface area contributed by atoms with Crippen LogP contribution < -0.4 is 15.4 Å². The smallest absolute Gasteiger partial charge is 0.237 e. The number of hydrogen-bond donors (Lipinski definition) is 2. The molecule has 0 aliphatic carbocycles. The minimum absolute atomic E-state index is 0.111. The fourth-order valence-electron chi connectivity index (χ4n) is 3.05. The van der Waals surface area contributed by atoms with Gasteiger partial charge in [-0.1, -0.05) is 30.0 Å². The topological polar surface area (TPSA) is 98.1 Å². The highest BCUT2D eigenvalue weighted by atomic mass is 32.2. The zero-order chi connectivity index (χ0) is 24.0. The summed E-state index contributed by atoms with van der Waals surface area (Å²) in [6.45, 7) is 6.13. The molecule has 0 saturated heterocycles. The summed E-state index contributed by atoms with van der Waals surface area (Å²) in [5.41, 5.74) is 3.97. The van der Waals surface area contributed by atoms with Crippen molar-refractivity contribution >= 4 is 29.3 Å². The van der Waals surface area contributed by atoms with Crippen LogP contribution in [0.5, 0.6) is 5.75 Å². The molecule has 3 aromatic rings. The molecule has 33 heavy (non-hydrogen) atoms. The normalized spacial score (nSPS) is 11.7. The number of amides is 2. The molecule has 9 heteroatoms. The summed E-state index contributed by atoms with van der Waals surface area (Å²) >= 11 is 1.32. The van der Waals surface area contributed by atoms with E-state index in [1.54, 1.807) is 11.7 Å². The van der Waals surface area contributed by atoms with E-state index in [2.05, 4.69) is 20.8 Å². The van der Waals surface area contributed by atoms with Crippen LogP contribution in [-0.4, -0.2) is 38.9 Å². The van der Waals surface area contributed by atoms with Gasteiger partial charge in [-0.2, -0.15) is 0 Å². The lowest BCUT2D eigenvalue weighted by Gasteiger charge is -2.13. The Balaban J connectivity index is 1.52. The van der Waals surface area contributed by atoms with Gasteiger partial charge >= 0.3 is 0 Å². The Morgan fingerprint density at radius 3 is 2.48 bits per heavy atom. The summed E-state index contributed by atoms with van der Waals surface area (Å²) in [7, 11) is 3.43. The maximum atomic E-state index is 12.6. The number of anilines is 1. The minimum atomic E-state index is -0.368. The number of nitrogens with zero attached hydrogens (tertiary/aromatic N) is 3. The maximum Gasteiger partial charge on any atom is 0.237 e. The van der Waals surface area contributed by atoms with E-state index in [0.717, 1.165) is 22.6 Å². The molecule has 2 amide bonds. The van der Waals surface area contributed by atoms with Gasteiger partial charge in [-0.3, -0.25) is 9.59 Å². The van der Waals surface area contributed by atoms with Crippen molar-refractivity contribution in [2.24, 2.45) is 7.05 Å². The van der Waals surface area contributed by atoms with Gasteiger partial charge in [-0.25, -0.2) is 0 Å². The molecule has 2 N–H and O–H groups in total. The highest BCUT2D eigenvalue weighted by Gasteiger charge is 2.19. The molecular formula is C24H29N5O3S. The summed E-state index contributed by atoms with van der Waals surface area (Å²) in [5, 5.41) is 14.4. The number of aromatic nitrogens is 3. The molecule has 1 atom stereocenters. The summed E-state index contributed by atoms with van der Waals surface area (Å²) in [5.74, 6) is 1.14. The second-order valence-corrected chi connectivity index (χ2v) is 9.12. The monoisotopic (exact) mass is 467 g/mol.